The molecule has 1 aromatic heterocycles. The predicted molar refractivity (Wildman–Crippen MR) is 83.2 cm³/mol. The zero-order valence-corrected chi connectivity index (χ0v) is 12.9. The Morgan fingerprint density at radius 2 is 2.14 bits per heavy atom. The summed E-state index contributed by atoms with van der Waals surface area (Å²) < 4.78 is 12.4. The van der Waals surface area contributed by atoms with Gasteiger partial charge in [0.1, 0.15) is 0 Å². The average Bonchev–Trinajstić information content (AvgIpc) is 2.90. The molecule has 114 valence electrons. The topological polar surface area (TPSA) is 48.3 Å². The molecule has 5 nitrogen and oxygen atoms in total. The Kier molecular flexibility index (Phi) is 5.78. The van der Waals surface area contributed by atoms with Gasteiger partial charge in [-0.05, 0) is 30.7 Å². The number of hydrogen-bond donors (Lipinski definition) is 1. The number of nitrogens with zero attached hydrogens (tertiary/aromatic N) is 2. The van der Waals surface area contributed by atoms with Crippen molar-refractivity contribution in [2.24, 2.45) is 7.05 Å². The van der Waals surface area contributed by atoms with E-state index in [2.05, 4.69) is 35.5 Å². The third-order valence-corrected chi connectivity index (χ3v) is 3.31. The normalized spacial score (nSPS) is 12.3. The van der Waals surface area contributed by atoms with E-state index in [1.54, 1.807) is 7.11 Å². The molecule has 0 saturated heterocycles. The number of nitrogens with one attached hydrogen (secondary N) is 1. The number of rotatable bonds is 8. The molecule has 1 heterocycles. The molecule has 0 bridgehead atoms. The van der Waals surface area contributed by atoms with Gasteiger partial charge in [0.05, 0.1) is 31.6 Å². The fourth-order valence-corrected chi connectivity index (χ4v) is 2.22. The summed E-state index contributed by atoms with van der Waals surface area (Å²) in [5.74, 6) is 0. The molecular formula is C16H23N3O2. The molecule has 0 fully saturated rings. The fraction of sp³-hybridized carbons (Fsp3) is 0.438. The van der Waals surface area contributed by atoms with Crippen molar-refractivity contribution in [2.75, 3.05) is 25.6 Å². The summed E-state index contributed by atoms with van der Waals surface area (Å²) >= 11 is 0. The van der Waals surface area contributed by atoms with Crippen LogP contribution in [0.3, 0.4) is 0 Å². The van der Waals surface area contributed by atoms with E-state index in [0.29, 0.717) is 19.8 Å². The first-order chi connectivity index (χ1) is 10.2. The van der Waals surface area contributed by atoms with E-state index in [9.17, 15) is 0 Å². The molecule has 0 amide bonds. The molecule has 1 N–H and O–H groups in total. The van der Waals surface area contributed by atoms with Gasteiger partial charge in [-0.15, -0.1) is 0 Å². The van der Waals surface area contributed by atoms with Crippen LogP contribution in [0.5, 0.6) is 0 Å². The van der Waals surface area contributed by atoms with Crippen LogP contribution in [0, 0.1) is 0 Å². The van der Waals surface area contributed by atoms with Crippen molar-refractivity contribution < 1.29 is 9.47 Å². The molecule has 0 spiro atoms. The van der Waals surface area contributed by atoms with Crippen LogP contribution < -0.4 is 5.32 Å². The summed E-state index contributed by atoms with van der Waals surface area (Å²) in [5.41, 5.74) is 3.38. The first-order valence-electron chi connectivity index (χ1n) is 7.10. The van der Waals surface area contributed by atoms with E-state index in [0.717, 1.165) is 16.9 Å². The first-order valence-corrected chi connectivity index (χ1v) is 7.10. The molecule has 2 aromatic rings. The second-order valence-corrected chi connectivity index (χ2v) is 4.99. The van der Waals surface area contributed by atoms with Crippen LogP contribution in [-0.4, -0.2) is 30.1 Å². The molecule has 2 rings (SSSR count). The Bertz CT molecular complexity index is 554. The van der Waals surface area contributed by atoms with Gasteiger partial charge in [0.25, 0.3) is 0 Å². The van der Waals surface area contributed by atoms with Gasteiger partial charge in [0.15, 0.2) is 0 Å². The van der Waals surface area contributed by atoms with Gasteiger partial charge in [0, 0.05) is 26.0 Å². The molecule has 5 heteroatoms. The maximum Gasteiger partial charge on any atom is 0.0718 e. The first kappa shape index (κ1) is 15.5. The minimum Gasteiger partial charge on any atom is -0.382 e. The monoisotopic (exact) mass is 289 g/mol. The Balaban J connectivity index is 1.93. The predicted octanol–water partition coefficient (Wildman–Crippen LogP) is 2.76. The van der Waals surface area contributed by atoms with Gasteiger partial charge in [-0.2, -0.15) is 5.10 Å². The highest BCUT2D eigenvalue weighted by molar-refractivity contribution is 5.47. The lowest BCUT2D eigenvalue weighted by Gasteiger charge is -2.16. The minimum absolute atomic E-state index is 0.196. The standard InChI is InChI=1S/C16H23N3O2/c1-13(16-7-8-17-19(16)2)18-15-6-4-5-14(11-15)12-21-10-9-20-3/h4-8,11,13,18H,9-10,12H2,1-3H3. The number of ether oxygens (including phenoxy) is 2. The van der Waals surface area contributed by atoms with Crippen molar-refractivity contribution in [3.05, 3.63) is 47.8 Å². The van der Waals surface area contributed by atoms with Crippen molar-refractivity contribution in [1.82, 2.24) is 9.78 Å². The largest absolute Gasteiger partial charge is 0.382 e. The van der Waals surface area contributed by atoms with Gasteiger partial charge in [-0.1, -0.05) is 12.1 Å². The number of anilines is 1. The van der Waals surface area contributed by atoms with Crippen molar-refractivity contribution in [1.29, 1.82) is 0 Å². The highest BCUT2D eigenvalue weighted by Gasteiger charge is 2.09. The number of benzene rings is 1. The van der Waals surface area contributed by atoms with Crippen LogP contribution >= 0.6 is 0 Å². The number of aryl methyl sites for hydroxylation is 1. The molecule has 21 heavy (non-hydrogen) atoms. The number of aromatic nitrogens is 2. The maximum absolute atomic E-state index is 5.54. The van der Waals surface area contributed by atoms with Crippen LogP contribution in [0.4, 0.5) is 5.69 Å². The third kappa shape index (κ3) is 4.58. The molecule has 1 unspecified atom stereocenters. The second kappa shape index (κ2) is 7.81. The lowest BCUT2D eigenvalue weighted by Crippen LogP contribution is -2.11. The van der Waals surface area contributed by atoms with Crippen LogP contribution in [0.1, 0.15) is 24.2 Å². The summed E-state index contributed by atoms with van der Waals surface area (Å²) in [6.45, 7) is 3.95. The highest BCUT2D eigenvalue weighted by Crippen LogP contribution is 2.19. The second-order valence-electron chi connectivity index (χ2n) is 4.99. The van der Waals surface area contributed by atoms with Gasteiger partial charge in [-0.3, -0.25) is 4.68 Å². The van der Waals surface area contributed by atoms with Gasteiger partial charge < -0.3 is 14.8 Å². The Labute approximate surface area is 125 Å². The van der Waals surface area contributed by atoms with Gasteiger partial charge in [-0.25, -0.2) is 0 Å². The molecule has 1 atom stereocenters. The van der Waals surface area contributed by atoms with Crippen LogP contribution in [0.2, 0.25) is 0 Å². The quantitative estimate of drug-likeness (QED) is 0.759. The molecule has 0 aliphatic heterocycles. The number of methoxy groups -OCH3 is 1. The summed E-state index contributed by atoms with van der Waals surface area (Å²) in [5, 5.41) is 7.69. The molecule has 0 aliphatic carbocycles. The summed E-state index contributed by atoms with van der Waals surface area (Å²) in [6, 6.07) is 10.5. The number of hydrogen-bond acceptors (Lipinski definition) is 4. The third-order valence-electron chi connectivity index (χ3n) is 3.31. The summed E-state index contributed by atoms with van der Waals surface area (Å²) in [4.78, 5) is 0. The zero-order chi connectivity index (χ0) is 15.1. The maximum atomic E-state index is 5.54. The molecule has 0 saturated carbocycles. The Hall–Kier alpha value is -1.85. The van der Waals surface area contributed by atoms with E-state index >= 15 is 0 Å². The van der Waals surface area contributed by atoms with Crippen LogP contribution in [0.25, 0.3) is 0 Å². The summed E-state index contributed by atoms with van der Waals surface area (Å²) in [7, 11) is 3.63. The highest BCUT2D eigenvalue weighted by atomic mass is 16.5. The van der Waals surface area contributed by atoms with E-state index in [4.69, 9.17) is 9.47 Å². The molecular weight excluding hydrogens is 266 g/mol. The van der Waals surface area contributed by atoms with Crippen molar-refractivity contribution in [3.63, 3.8) is 0 Å². The molecule has 1 aromatic carbocycles. The zero-order valence-electron chi connectivity index (χ0n) is 12.9. The lowest BCUT2D eigenvalue weighted by molar-refractivity contribution is 0.0617. The van der Waals surface area contributed by atoms with Crippen molar-refractivity contribution in [3.8, 4) is 0 Å². The minimum atomic E-state index is 0.196. The van der Waals surface area contributed by atoms with Crippen LogP contribution in [-0.2, 0) is 23.1 Å². The summed E-state index contributed by atoms with van der Waals surface area (Å²) in [6.07, 6.45) is 1.81. The van der Waals surface area contributed by atoms with Crippen molar-refractivity contribution >= 4 is 5.69 Å². The molecule has 0 aliphatic rings. The smallest absolute Gasteiger partial charge is 0.0718 e. The Morgan fingerprint density at radius 1 is 1.29 bits per heavy atom. The van der Waals surface area contributed by atoms with Crippen molar-refractivity contribution in [2.45, 2.75) is 19.6 Å². The van der Waals surface area contributed by atoms with Crippen LogP contribution in [0.15, 0.2) is 36.5 Å². The van der Waals surface area contributed by atoms with Gasteiger partial charge >= 0.3 is 0 Å². The van der Waals surface area contributed by atoms with E-state index in [1.807, 2.05) is 30.1 Å². The van der Waals surface area contributed by atoms with E-state index in [1.165, 1.54) is 0 Å². The SMILES string of the molecule is COCCOCc1cccc(NC(C)c2ccnn2C)c1. The van der Waals surface area contributed by atoms with E-state index < -0.39 is 0 Å². The fourth-order valence-electron chi connectivity index (χ4n) is 2.22. The van der Waals surface area contributed by atoms with Gasteiger partial charge in [0.2, 0.25) is 0 Å². The Morgan fingerprint density at radius 3 is 2.86 bits per heavy atom. The lowest BCUT2D eigenvalue weighted by atomic mass is 10.1. The molecule has 0 radical (unpaired) electrons. The average molecular weight is 289 g/mol. The van der Waals surface area contributed by atoms with E-state index in [-0.39, 0.29) is 6.04 Å².